The molecule has 0 amide bonds. The van der Waals surface area contributed by atoms with Crippen LogP contribution in [-0.2, 0) is 0 Å². The number of halogens is 3. The molecule has 0 radical (unpaired) electrons. The highest BCUT2D eigenvalue weighted by atomic mass is 32.1. The predicted molar refractivity (Wildman–Crippen MR) is 104 cm³/mol. The van der Waals surface area contributed by atoms with Crippen molar-refractivity contribution in [2.24, 2.45) is 5.92 Å². The predicted octanol–water partition coefficient (Wildman–Crippen LogP) is 4.72. The van der Waals surface area contributed by atoms with Crippen LogP contribution in [0.15, 0.2) is 30.8 Å². The van der Waals surface area contributed by atoms with Crippen LogP contribution in [0.1, 0.15) is 24.1 Å². The van der Waals surface area contributed by atoms with Gasteiger partial charge in [-0.2, -0.15) is 0 Å². The van der Waals surface area contributed by atoms with Gasteiger partial charge in [0.15, 0.2) is 6.67 Å². The second-order valence-corrected chi connectivity index (χ2v) is 7.52. The maximum Gasteiger partial charge on any atom is 0.292 e. The Morgan fingerprint density at radius 3 is 2.81 bits per heavy atom. The molecule has 2 N–H and O–H groups in total. The van der Waals surface area contributed by atoms with Gasteiger partial charge in [0.25, 0.3) is 5.92 Å². The van der Waals surface area contributed by atoms with E-state index in [4.69, 9.17) is 5.73 Å². The molecule has 3 rings (SSSR count). The summed E-state index contributed by atoms with van der Waals surface area (Å²) in [5, 5.41) is 2.42. The van der Waals surface area contributed by atoms with E-state index in [1.807, 2.05) is 0 Å². The number of nitrogens with zero attached hydrogens (tertiary/aromatic N) is 3. The highest BCUT2D eigenvalue weighted by molar-refractivity contribution is 7.13. The normalized spacial score (nSPS) is 14.2. The molecule has 1 aliphatic carbocycles. The van der Waals surface area contributed by atoms with Gasteiger partial charge < -0.3 is 10.6 Å². The van der Waals surface area contributed by atoms with Crippen LogP contribution >= 0.6 is 11.3 Å². The molecule has 0 spiro atoms. The zero-order chi connectivity index (χ0) is 19.6. The molecule has 1 fully saturated rings. The Bertz CT molecular complexity index is 845. The highest BCUT2D eigenvalue weighted by Crippen LogP contribution is 2.35. The van der Waals surface area contributed by atoms with Gasteiger partial charge >= 0.3 is 0 Å². The average Bonchev–Trinajstić information content (AvgIpc) is 3.32. The van der Waals surface area contributed by atoms with E-state index in [9.17, 15) is 13.2 Å². The van der Waals surface area contributed by atoms with E-state index in [2.05, 4.69) is 23.1 Å². The monoisotopic (exact) mass is 394 g/mol. The second kappa shape index (κ2) is 7.72. The van der Waals surface area contributed by atoms with Crippen LogP contribution in [0, 0.1) is 5.92 Å². The number of aromatic nitrogens is 2. The van der Waals surface area contributed by atoms with Gasteiger partial charge in [0.1, 0.15) is 10.8 Å². The van der Waals surface area contributed by atoms with Gasteiger partial charge in [0, 0.05) is 29.2 Å². The van der Waals surface area contributed by atoms with Crippen molar-refractivity contribution in [3.05, 3.63) is 42.1 Å². The largest absolute Gasteiger partial charge is 0.383 e. The SMILES string of the molecule is C=Cc1c(-c2nc(C(=C)N(CC3CC3)CC(F)(F)CF)cs2)ccnc1N. The number of rotatable bonds is 9. The number of nitrogen functional groups attached to an aromatic ring is 1. The van der Waals surface area contributed by atoms with Crippen LogP contribution in [0.2, 0.25) is 0 Å². The summed E-state index contributed by atoms with van der Waals surface area (Å²) in [5.74, 6) is -2.72. The first-order valence-electron chi connectivity index (χ1n) is 8.55. The lowest BCUT2D eigenvalue weighted by Crippen LogP contribution is -2.38. The molecule has 144 valence electrons. The molecule has 8 heteroatoms. The summed E-state index contributed by atoms with van der Waals surface area (Å²) in [6.45, 7) is 5.74. The molecule has 0 aliphatic heterocycles. The van der Waals surface area contributed by atoms with Crippen molar-refractivity contribution < 1.29 is 13.2 Å². The molecule has 0 atom stereocenters. The Balaban J connectivity index is 1.86. The fourth-order valence-corrected chi connectivity index (χ4v) is 3.65. The molecule has 1 saturated carbocycles. The summed E-state index contributed by atoms with van der Waals surface area (Å²) in [4.78, 5) is 10.0. The van der Waals surface area contributed by atoms with Crippen LogP contribution in [0.5, 0.6) is 0 Å². The van der Waals surface area contributed by atoms with Crippen LogP contribution in [0.25, 0.3) is 22.3 Å². The Morgan fingerprint density at radius 2 is 2.19 bits per heavy atom. The fourth-order valence-electron chi connectivity index (χ4n) is 2.79. The summed E-state index contributed by atoms with van der Waals surface area (Å²) >= 11 is 1.35. The minimum Gasteiger partial charge on any atom is -0.383 e. The van der Waals surface area contributed by atoms with Gasteiger partial charge in [0.05, 0.1) is 17.9 Å². The summed E-state index contributed by atoms with van der Waals surface area (Å²) in [5.41, 5.74) is 8.19. The Hall–Kier alpha value is -2.35. The molecule has 0 bridgehead atoms. The van der Waals surface area contributed by atoms with Gasteiger partial charge in [-0.1, -0.05) is 19.2 Å². The molecule has 2 aromatic heterocycles. The summed E-state index contributed by atoms with van der Waals surface area (Å²) in [6, 6.07) is 1.78. The van der Waals surface area contributed by atoms with Gasteiger partial charge in [0.2, 0.25) is 0 Å². The Labute approximate surface area is 160 Å². The number of hydrogen-bond acceptors (Lipinski definition) is 5. The third kappa shape index (κ3) is 4.50. The average molecular weight is 394 g/mol. The summed E-state index contributed by atoms with van der Waals surface area (Å²) < 4.78 is 40.0. The standard InChI is InChI=1S/C19H21F3N4S/c1-3-14-15(6-7-24-17(14)23)18-25-16(9-27-18)12(2)26(8-13-4-5-13)11-19(21,22)10-20/h3,6-7,9,13H,1-2,4-5,8,10-11H2,(H2,23,24). The molecular weight excluding hydrogens is 373 g/mol. The Kier molecular flexibility index (Phi) is 5.55. The van der Waals surface area contributed by atoms with E-state index in [-0.39, 0.29) is 0 Å². The lowest BCUT2D eigenvalue weighted by atomic mass is 10.1. The smallest absolute Gasteiger partial charge is 0.292 e. The molecule has 0 unspecified atom stereocenters. The third-order valence-electron chi connectivity index (χ3n) is 4.43. The van der Waals surface area contributed by atoms with Crippen LogP contribution in [0.4, 0.5) is 19.0 Å². The zero-order valence-electron chi connectivity index (χ0n) is 14.8. The molecule has 4 nitrogen and oxygen atoms in total. The number of nitrogens with two attached hydrogens (primary N) is 1. The quantitative estimate of drug-likeness (QED) is 0.669. The van der Waals surface area contributed by atoms with Crippen molar-refractivity contribution >= 4 is 28.9 Å². The maximum absolute atomic E-state index is 13.7. The molecule has 2 aromatic rings. The van der Waals surface area contributed by atoms with Crippen LogP contribution in [0.3, 0.4) is 0 Å². The van der Waals surface area contributed by atoms with Gasteiger partial charge in [-0.05, 0) is 24.8 Å². The number of anilines is 1. The van der Waals surface area contributed by atoms with Gasteiger partial charge in [-0.15, -0.1) is 11.3 Å². The number of thiazole rings is 1. The fraction of sp³-hybridized carbons (Fsp3) is 0.368. The first kappa shape index (κ1) is 19.4. The first-order chi connectivity index (χ1) is 12.8. The molecule has 0 aromatic carbocycles. The van der Waals surface area contributed by atoms with Crippen molar-refractivity contribution in [2.75, 3.05) is 25.5 Å². The second-order valence-electron chi connectivity index (χ2n) is 6.66. The lowest BCUT2D eigenvalue weighted by Gasteiger charge is -2.29. The van der Waals surface area contributed by atoms with Crippen molar-refractivity contribution in [1.29, 1.82) is 0 Å². The van der Waals surface area contributed by atoms with Gasteiger partial charge in [-0.3, -0.25) is 0 Å². The van der Waals surface area contributed by atoms with Crippen LogP contribution < -0.4 is 5.73 Å². The minimum atomic E-state index is -3.41. The summed E-state index contributed by atoms with van der Waals surface area (Å²) in [6.07, 6.45) is 5.17. The first-order valence-corrected chi connectivity index (χ1v) is 9.43. The zero-order valence-corrected chi connectivity index (χ0v) is 15.6. The van der Waals surface area contributed by atoms with E-state index >= 15 is 0 Å². The number of pyridine rings is 1. The summed E-state index contributed by atoms with van der Waals surface area (Å²) in [7, 11) is 0. The third-order valence-corrected chi connectivity index (χ3v) is 5.31. The van der Waals surface area contributed by atoms with Crippen molar-refractivity contribution in [3.8, 4) is 10.6 Å². The number of alkyl halides is 3. The van der Waals surface area contributed by atoms with Crippen molar-refractivity contribution in [2.45, 2.75) is 18.8 Å². The van der Waals surface area contributed by atoms with Gasteiger partial charge in [-0.25, -0.2) is 23.1 Å². The van der Waals surface area contributed by atoms with E-state index in [1.165, 1.54) is 16.2 Å². The van der Waals surface area contributed by atoms with E-state index < -0.39 is 19.1 Å². The topological polar surface area (TPSA) is 55.0 Å². The lowest BCUT2D eigenvalue weighted by molar-refractivity contribution is -0.0403. The molecule has 1 aliphatic rings. The Morgan fingerprint density at radius 1 is 1.44 bits per heavy atom. The molecule has 0 saturated heterocycles. The highest BCUT2D eigenvalue weighted by Gasteiger charge is 2.35. The number of hydrogen-bond donors (Lipinski definition) is 1. The molecular formula is C19H21F3N4S. The molecule has 2 heterocycles. The van der Waals surface area contributed by atoms with E-state index in [1.54, 1.807) is 23.7 Å². The van der Waals surface area contributed by atoms with E-state index in [0.717, 1.165) is 18.4 Å². The van der Waals surface area contributed by atoms with Crippen molar-refractivity contribution in [3.63, 3.8) is 0 Å². The molecule has 27 heavy (non-hydrogen) atoms. The minimum absolute atomic E-state index is 0.344. The van der Waals surface area contributed by atoms with Crippen LogP contribution in [-0.4, -0.2) is 40.6 Å². The maximum atomic E-state index is 13.7. The van der Waals surface area contributed by atoms with E-state index in [0.29, 0.717) is 40.2 Å². The van der Waals surface area contributed by atoms with Crippen molar-refractivity contribution in [1.82, 2.24) is 14.9 Å².